The van der Waals surface area contributed by atoms with Crippen LogP contribution in [0.25, 0.3) is 0 Å². The number of hydrogen-bond donors (Lipinski definition) is 6. The average molecular weight is 573 g/mol. The quantitative estimate of drug-likeness (QED) is 0.141. The van der Waals surface area contributed by atoms with E-state index in [1.807, 2.05) is 0 Å². The number of aliphatic hydroxyl groups is 3. The van der Waals surface area contributed by atoms with Gasteiger partial charge >= 0.3 is 17.9 Å². The van der Waals surface area contributed by atoms with Crippen molar-refractivity contribution in [1.29, 1.82) is 0 Å². The van der Waals surface area contributed by atoms with Gasteiger partial charge in [-0.3, -0.25) is 28.8 Å². The minimum atomic E-state index is -2.17. The number of carbonyl (C=O) groups excluding carboxylic acids is 3. The van der Waals surface area contributed by atoms with Gasteiger partial charge in [0.25, 0.3) is 0 Å². The highest BCUT2D eigenvalue weighted by atomic mass is 32.2. The molecule has 0 aliphatic heterocycles. The van der Waals surface area contributed by atoms with Gasteiger partial charge in [-0.25, -0.2) is 0 Å². The van der Waals surface area contributed by atoms with Crippen LogP contribution in [0.1, 0.15) is 46.5 Å². The van der Waals surface area contributed by atoms with E-state index in [1.165, 1.54) is 0 Å². The molecule has 15 heteroatoms. The van der Waals surface area contributed by atoms with Gasteiger partial charge in [0.1, 0.15) is 0 Å². The molecule has 0 rings (SSSR count). The number of hydrogen-bond acceptors (Lipinski definition) is 12. The monoisotopic (exact) mass is 572 g/mol. The van der Waals surface area contributed by atoms with E-state index in [9.17, 15) is 59.4 Å². The average Bonchev–Trinajstić information content (AvgIpc) is 2.70. The smallest absolute Gasteiger partial charge is 0.304 e. The van der Waals surface area contributed by atoms with E-state index in [0.717, 1.165) is 20.8 Å². The van der Waals surface area contributed by atoms with Crippen molar-refractivity contribution in [2.75, 3.05) is 19.8 Å². The van der Waals surface area contributed by atoms with E-state index in [0.29, 0.717) is 35.3 Å². The lowest BCUT2D eigenvalue weighted by Crippen LogP contribution is -2.65. The minimum absolute atomic E-state index is 0.425. The summed E-state index contributed by atoms with van der Waals surface area (Å²) >= 11 is 1.27. The molecule has 0 aliphatic rings. The molecule has 0 bridgehead atoms. The summed E-state index contributed by atoms with van der Waals surface area (Å²) in [5.41, 5.74) is -4.19. The Morgan fingerprint density at radius 2 is 0.889 bits per heavy atom. The number of thioether (sulfide) groups is 3. The zero-order valence-electron chi connectivity index (χ0n) is 20.0. The summed E-state index contributed by atoms with van der Waals surface area (Å²) in [6, 6.07) is 0. The number of aliphatic hydroxyl groups excluding tert-OH is 3. The number of aliphatic carboxylic acids is 3. The van der Waals surface area contributed by atoms with Crippen LogP contribution in [0.5, 0.6) is 0 Å². The topological polar surface area (TPSA) is 224 Å². The van der Waals surface area contributed by atoms with Crippen LogP contribution in [0.2, 0.25) is 0 Å². The van der Waals surface area contributed by atoms with E-state index in [2.05, 4.69) is 0 Å². The van der Waals surface area contributed by atoms with Crippen molar-refractivity contribution >= 4 is 68.5 Å². The number of carbonyl (C=O) groups is 6. The Hall–Kier alpha value is -1.65. The Morgan fingerprint density at radius 3 is 1.06 bits per heavy atom. The Labute approximate surface area is 220 Å². The first-order valence-corrected chi connectivity index (χ1v) is 13.3. The van der Waals surface area contributed by atoms with Crippen molar-refractivity contribution in [3.8, 4) is 0 Å². The molecule has 0 aromatic rings. The fraction of sp³-hybridized carbons (Fsp3) is 0.714. The molecule has 36 heavy (non-hydrogen) atoms. The SMILES string of the molecule is CC(=O)SC(CC(=O)O)C(C(CC(=O)O)SC(C)=O)(C(CC(=O)O)SC(C)=O)C(CO)(CO)CCO. The van der Waals surface area contributed by atoms with Gasteiger partial charge in [-0.2, -0.15) is 0 Å². The normalized spacial score (nSPS) is 15.8. The highest BCUT2D eigenvalue weighted by Gasteiger charge is 2.65. The minimum Gasteiger partial charge on any atom is -0.481 e. The molecule has 3 atom stereocenters. The lowest BCUT2D eigenvalue weighted by molar-refractivity contribution is -0.142. The highest BCUT2D eigenvalue weighted by Crippen LogP contribution is 2.61. The van der Waals surface area contributed by atoms with Gasteiger partial charge in [0.05, 0.1) is 32.5 Å². The first-order chi connectivity index (χ1) is 16.6. The van der Waals surface area contributed by atoms with Gasteiger partial charge < -0.3 is 30.6 Å². The van der Waals surface area contributed by atoms with Gasteiger partial charge in [0.2, 0.25) is 0 Å². The molecule has 0 aliphatic carbocycles. The second-order valence-electron chi connectivity index (χ2n) is 8.09. The molecule has 0 heterocycles. The van der Waals surface area contributed by atoms with Crippen molar-refractivity contribution in [3.63, 3.8) is 0 Å². The summed E-state index contributed by atoms with van der Waals surface area (Å²) in [7, 11) is 0. The van der Waals surface area contributed by atoms with Crippen LogP contribution in [0.15, 0.2) is 0 Å². The molecule has 206 valence electrons. The fourth-order valence-corrected chi connectivity index (χ4v) is 9.02. The fourth-order valence-electron chi connectivity index (χ4n) is 4.56. The summed E-state index contributed by atoms with van der Waals surface area (Å²) in [5.74, 6) is -4.43. The summed E-state index contributed by atoms with van der Waals surface area (Å²) in [5, 5.41) is 53.7. The molecule has 3 unspecified atom stereocenters. The molecular formula is C21H32O12S3. The van der Waals surface area contributed by atoms with Gasteiger partial charge in [-0.1, -0.05) is 35.3 Å². The Kier molecular flexibility index (Phi) is 14.9. The number of carboxylic acid groups (broad SMARTS) is 3. The predicted molar refractivity (Wildman–Crippen MR) is 134 cm³/mol. The lowest BCUT2D eigenvalue weighted by atomic mass is 9.55. The molecule has 0 radical (unpaired) electrons. The van der Waals surface area contributed by atoms with Crippen molar-refractivity contribution < 1.29 is 59.4 Å². The van der Waals surface area contributed by atoms with Crippen LogP contribution >= 0.6 is 35.3 Å². The summed E-state index contributed by atoms with van der Waals surface area (Å²) in [6.07, 6.45) is -3.11. The molecule has 0 saturated carbocycles. The molecule has 6 N–H and O–H groups in total. The molecule has 0 saturated heterocycles. The Morgan fingerprint density at radius 1 is 0.611 bits per heavy atom. The molecule has 0 fully saturated rings. The van der Waals surface area contributed by atoms with Crippen molar-refractivity contribution in [3.05, 3.63) is 0 Å². The Balaban J connectivity index is 8.12. The second kappa shape index (κ2) is 15.6. The van der Waals surface area contributed by atoms with Crippen molar-refractivity contribution in [1.82, 2.24) is 0 Å². The first-order valence-electron chi connectivity index (χ1n) is 10.6. The Bertz CT molecular complexity index is 691. The predicted octanol–water partition coefficient (Wildman–Crippen LogP) is 0.695. The maximum atomic E-state index is 12.3. The summed E-state index contributed by atoms with van der Waals surface area (Å²) in [4.78, 5) is 72.7. The van der Waals surface area contributed by atoms with E-state index in [1.54, 1.807) is 0 Å². The van der Waals surface area contributed by atoms with E-state index < -0.39 is 105 Å². The van der Waals surface area contributed by atoms with Crippen LogP contribution in [0, 0.1) is 10.8 Å². The van der Waals surface area contributed by atoms with Gasteiger partial charge in [0.15, 0.2) is 15.3 Å². The zero-order chi connectivity index (χ0) is 28.3. The van der Waals surface area contributed by atoms with E-state index >= 15 is 0 Å². The van der Waals surface area contributed by atoms with E-state index in [-0.39, 0.29) is 0 Å². The van der Waals surface area contributed by atoms with Crippen LogP contribution in [0.4, 0.5) is 0 Å². The standard InChI is InChI=1S/C21H32O12S3/c1-11(25)34-14(6-17(28)29)21(20(9-23,10-24)4-5-22,15(7-18(30)31)35-12(2)26)16(8-19(32)33)36-13(3)27/h14-16,22-24H,4-10H2,1-3H3,(H,28,29)(H,30,31)(H,32,33). The maximum Gasteiger partial charge on any atom is 0.304 e. The maximum absolute atomic E-state index is 12.3. The van der Waals surface area contributed by atoms with Crippen LogP contribution in [0.3, 0.4) is 0 Å². The third kappa shape index (κ3) is 9.03. The van der Waals surface area contributed by atoms with E-state index in [4.69, 9.17) is 0 Å². The summed E-state index contributed by atoms with van der Waals surface area (Å²) in [6.45, 7) is 0.520. The molecule has 12 nitrogen and oxygen atoms in total. The third-order valence-electron chi connectivity index (χ3n) is 5.72. The lowest BCUT2D eigenvalue weighted by Gasteiger charge is -2.59. The molecule has 0 aromatic carbocycles. The molecule has 0 aromatic heterocycles. The van der Waals surface area contributed by atoms with Gasteiger partial charge in [0, 0.05) is 54.0 Å². The van der Waals surface area contributed by atoms with Crippen molar-refractivity contribution in [2.24, 2.45) is 10.8 Å². The second-order valence-corrected chi connectivity index (χ2v) is 12.2. The number of rotatable bonds is 17. The largest absolute Gasteiger partial charge is 0.481 e. The molecule has 0 spiro atoms. The van der Waals surface area contributed by atoms with Crippen LogP contribution in [-0.2, 0) is 28.8 Å². The molecular weight excluding hydrogens is 540 g/mol. The third-order valence-corrected chi connectivity index (χ3v) is 9.24. The first kappa shape index (κ1) is 34.4. The van der Waals surface area contributed by atoms with Crippen molar-refractivity contribution in [2.45, 2.75) is 62.2 Å². The van der Waals surface area contributed by atoms with Crippen LogP contribution in [-0.4, -0.2) is 99.5 Å². The van der Waals surface area contributed by atoms with Gasteiger partial charge in [-0.05, 0) is 6.42 Å². The number of carboxylic acids is 3. The zero-order valence-corrected chi connectivity index (χ0v) is 22.5. The summed E-state index contributed by atoms with van der Waals surface area (Å²) < 4.78 is 0. The van der Waals surface area contributed by atoms with Gasteiger partial charge in [-0.15, -0.1) is 0 Å². The highest BCUT2D eigenvalue weighted by molar-refractivity contribution is 8.15. The van der Waals surface area contributed by atoms with Crippen LogP contribution < -0.4 is 0 Å². The molecule has 0 amide bonds.